The number of benzene rings is 4. The number of ether oxygens (including phenoxy) is 2. The van der Waals surface area contributed by atoms with E-state index in [-0.39, 0.29) is 30.2 Å². The molecular weight excluding hydrogens is 512 g/mol. The second kappa shape index (κ2) is 11.4. The number of nitrogens with zero attached hydrogens (tertiary/aromatic N) is 1. The van der Waals surface area contributed by atoms with Crippen LogP contribution in [0, 0.1) is 6.92 Å². The van der Waals surface area contributed by atoms with E-state index >= 15 is 0 Å². The predicted molar refractivity (Wildman–Crippen MR) is 154 cm³/mol. The number of carbonyl (C=O) groups excluding carboxylic acids is 3. The first-order valence-corrected chi connectivity index (χ1v) is 13.1. The van der Waals surface area contributed by atoms with Gasteiger partial charge in [-0.05, 0) is 76.5 Å². The lowest BCUT2D eigenvalue weighted by Crippen LogP contribution is -2.27. The van der Waals surface area contributed by atoms with Gasteiger partial charge in [-0.2, -0.15) is 0 Å². The van der Waals surface area contributed by atoms with Crippen molar-refractivity contribution in [3.8, 4) is 11.5 Å². The Bertz CT molecular complexity index is 1610. The minimum Gasteiger partial charge on any atom is -0.493 e. The first-order valence-electron chi connectivity index (χ1n) is 12.3. The van der Waals surface area contributed by atoms with Crippen molar-refractivity contribution in [2.24, 2.45) is 0 Å². The van der Waals surface area contributed by atoms with E-state index in [0.717, 1.165) is 39.3 Å². The van der Waals surface area contributed by atoms with Crippen molar-refractivity contribution >= 4 is 51.4 Å². The van der Waals surface area contributed by atoms with Crippen LogP contribution in [0.2, 0.25) is 0 Å². The van der Waals surface area contributed by atoms with Gasteiger partial charge < -0.3 is 14.8 Å². The highest BCUT2D eigenvalue weighted by molar-refractivity contribution is 8.18. The second-order valence-corrected chi connectivity index (χ2v) is 10.0. The van der Waals surface area contributed by atoms with Crippen molar-refractivity contribution in [1.82, 2.24) is 4.90 Å². The number of methoxy groups -OCH3 is 1. The van der Waals surface area contributed by atoms with Crippen molar-refractivity contribution in [1.29, 1.82) is 0 Å². The molecule has 0 radical (unpaired) electrons. The first-order chi connectivity index (χ1) is 18.9. The molecule has 5 rings (SSSR count). The van der Waals surface area contributed by atoms with Crippen molar-refractivity contribution in [2.45, 2.75) is 13.5 Å². The summed E-state index contributed by atoms with van der Waals surface area (Å²) in [6.45, 7) is 1.92. The van der Waals surface area contributed by atoms with Crippen molar-refractivity contribution < 1.29 is 23.9 Å². The normalized spacial score (nSPS) is 14.2. The summed E-state index contributed by atoms with van der Waals surface area (Å²) in [5.41, 5.74) is 3.23. The summed E-state index contributed by atoms with van der Waals surface area (Å²) in [5, 5.41) is 4.67. The minimum absolute atomic E-state index is 0.197. The summed E-state index contributed by atoms with van der Waals surface area (Å²) in [5.74, 6) is 0.155. The third kappa shape index (κ3) is 5.97. The molecule has 39 heavy (non-hydrogen) atoms. The van der Waals surface area contributed by atoms with Gasteiger partial charge in [0.05, 0.1) is 18.6 Å². The average molecular weight is 539 g/mol. The van der Waals surface area contributed by atoms with Crippen LogP contribution in [0.5, 0.6) is 11.5 Å². The number of anilines is 1. The summed E-state index contributed by atoms with van der Waals surface area (Å²) >= 11 is 0.907. The lowest BCUT2D eigenvalue weighted by Gasteiger charge is -2.13. The second-order valence-electron chi connectivity index (χ2n) is 9.01. The average Bonchev–Trinajstić information content (AvgIpc) is 3.20. The number of hydrogen-bond acceptors (Lipinski definition) is 6. The van der Waals surface area contributed by atoms with E-state index in [0.29, 0.717) is 22.0 Å². The van der Waals surface area contributed by atoms with E-state index in [2.05, 4.69) is 5.32 Å². The Hall–Kier alpha value is -4.56. The molecule has 1 N–H and O–H groups in total. The molecule has 0 aliphatic carbocycles. The lowest BCUT2D eigenvalue weighted by atomic mass is 10.1. The highest BCUT2D eigenvalue weighted by Gasteiger charge is 2.35. The fourth-order valence-corrected chi connectivity index (χ4v) is 5.08. The number of hydrogen-bond donors (Lipinski definition) is 1. The maximum Gasteiger partial charge on any atom is 0.293 e. The number of nitrogens with one attached hydrogen (secondary N) is 1. The zero-order chi connectivity index (χ0) is 27.4. The zero-order valence-corrected chi connectivity index (χ0v) is 22.3. The largest absolute Gasteiger partial charge is 0.493 e. The fraction of sp³-hybridized carbons (Fsp3) is 0.129. The Labute approximate surface area is 230 Å². The standard InChI is InChI=1S/C31H26N2O5S/c1-20-7-3-6-10-25(20)32-29(34)19-38-26-14-12-21(16-27(26)37-2)17-28-30(35)33(31(36)39-28)18-22-11-13-23-8-4-5-9-24(23)15-22/h3-17H,18-19H2,1-2H3,(H,32,34)/b28-17-. The lowest BCUT2D eigenvalue weighted by molar-refractivity contribution is -0.123. The minimum atomic E-state index is -0.342. The summed E-state index contributed by atoms with van der Waals surface area (Å²) in [4.78, 5) is 39.7. The molecule has 4 aromatic carbocycles. The molecule has 0 atom stereocenters. The number of aryl methyl sites for hydroxylation is 1. The molecule has 1 aliphatic heterocycles. The van der Waals surface area contributed by atoms with E-state index in [1.165, 1.54) is 12.0 Å². The van der Waals surface area contributed by atoms with E-state index < -0.39 is 0 Å². The van der Waals surface area contributed by atoms with E-state index in [9.17, 15) is 14.4 Å². The Morgan fingerprint density at radius 2 is 1.69 bits per heavy atom. The predicted octanol–water partition coefficient (Wildman–Crippen LogP) is 6.41. The molecule has 1 aliphatic rings. The van der Waals surface area contributed by atoms with Crippen LogP contribution in [0.3, 0.4) is 0 Å². The molecule has 3 amide bonds. The highest BCUT2D eigenvalue weighted by atomic mass is 32.2. The smallest absolute Gasteiger partial charge is 0.293 e. The number of imide groups is 1. The number of fused-ring (bicyclic) bond motifs is 1. The molecule has 0 spiro atoms. The molecule has 8 heteroatoms. The van der Waals surface area contributed by atoms with Crippen LogP contribution in [0.25, 0.3) is 16.8 Å². The molecule has 1 saturated heterocycles. The van der Waals surface area contributed by atoms with Crippen LogP contribution in [0.4, 0.5) is 10.5 Å². The van der Waals surface area contributed by atoms with Crippen LogP contribution in [0.1, 0.15) is 16.7 Å². The first kappa shape index (κ1) is 26.1. The molecule has 0 aromatic heterocycles. The van der Waals surface area contributed by atoms with Crippen LogP contribution in [-0.4, -0.2) is 35.7 Å². The van der Waals surface area contributed by atoms with Crippen LogP contribution >= 0.6 is 11.8 Å². The van der Waals surface area contributed by atoms with Gasteiger partial charge in [-0.15, -0.1) is 0 Å². The zero-order valence-electron chi connectivity index (χ0n) is 21.5. The third-order valence-electron chi connectivity index (χ3n) is 6.29. The van der Waals surface area contributed by atoms with Crippen LogP contribution in [-0.2, 0) is 16.1 Å². The van der Waals surface area contributed by atoms with E-state index in [1.54, 1.807) is 24.3 Å². The van der Waals surface area contributed by atoms with Gasteiger partial charge in [0, 0.05) is 5.69 Å². The fourth-order valence-electron chi connectivity index (χ4n) is 4.24. The summed E-state index contributed by atoms with van der Waals surface area (Å²) in [6.07, 6.45) is 1.66. The van der Waals surface area contributed by atoms with Gasteiger partial charge in [0.15, 0.2) is 18.1 Å². The molecule has 1 heterocycles. The quantitative estimate of drug-likeness (QED) is 0.261. The number of carbonyl (C=O) groups is 3. The molecule has 4 aromatic rings. The Kier molecular flexibility index (Phi) is 7.65. The van der Waals surface area contributed by atoms with Crippen LogP contribution in [0.15, 0.2) is 89.8 Å². The summed E-state index contributed by atoms with van der Waals surface area (Å²) < 4.78 is 11.1. The topological polar surface area (TPSA) is 84.9 Å². The van der Waals surface area contributed by atoms with Gasteiger partial charge in [0.2, 0.25) is 0 Å². The molecule has 0 saturated carbocycles. The van der Waals surface area contributed by atoms with Gasteiger partial charge in [-0.25, -0.2) is 0 Å². The van der Waals surface area contributed by atoms with Gasteiger partial charge in [-0.1, -0.05) is 60.7 Å². The van der Waals surface area contributed by atoms with Gasteiger partial charge in [0.1, 0.15) is 0 Å². The Balaban J connectivity index is 1.25. The van der Waals surface area contributed by atoms with Gasteiger partial charge in [0.25, 0.3) is 17.1 Å². The maximum absolute atomic E-state index is 13.1. The summed E-state index contributed by atoms with van der Waals surface area (Å²) in [6, 6.07) is 26.5. The van der Waals surface area contributed by atoms with Crippen molar-refractivity contribution in [2.75, 3.05) is 19.0 Å². The highest BCUT2D eigenvalue weighted by Crippen LogP contribution is 2.35. The summed E-state index contributed by atoms with van der Waals surface area (Å²) in [7, 11) is 1.50. The SMILES string of the molecule is COc1cc(/C=C2\SC(=O)N(Cc3ccc4ccccc4c3)C2=O)ccc1OCC(=O)Nc1ccccc1C. The van der Waals surface area contributed by atoms with Crippen molar-refractivity contribution in [3.63, 3.8) is 0 Å². The number of amides is 3. The van der Waals surface area contributed by atoms with E-state index in [1.807, 2.05) is 73.7 Å². The third-order valence-corrected chi connectivity index (χ3v) is 7.20. The Morgan fingerprint density at radius 1 is 0.923 bits per heavy atom. The molecule has 7 nitrogen and oxygen atoms in total. The van der Waals surface area contributed by atoms with E-state index in [4.69, 9.17) is 9.47 Å². The molecular formula is C31H26N2O5S. The maximum atomic E-state index is 13.1. The van der Waals surface area contributed by atoms with Crippen LogP contribution < -0.4 is 14.8 Å². The Morgan fingerprint density at radius 3 is 2.49 bits per heavy atom. The van der Waals surface area contributed by atoms with Gasteiger partial charge >= 0.3 is 0 Å². The number of thioether (sulfide) groups is 1. The molecule has 196 valence electrons. The molecule has 1 fully saturated rings. The molecule has 0 bridgehead atoms. The molecule has 0 unspecified atom stereocenters. The number of rotatable bonds is 8. The van der Waals surface area contributed by atoms with Crippen molar-refractivity contribution in [3.05, 3.63) is 107 Å². The monoisotopic (exact) mass is 538 g/mol. The van der Waals surface area contributed by atoms with Gasteiger partial charge in [-0.3, -0.25) is 19.3 Å². The number of para-hydroxylation sites is 1.